The molecule has 2 aromatic carbocycles. The molecule has 3 rings (SSSR count). The number of thioether (sulfide) groups is 1. The number of nitrogens with one attached hydrogen (secondary N) is 1. The summed E-state index contributed by atoms with van der Waals surface area (Å²) in [7, 11) is -3.87. The van der Waals surface area contributed by atoms with E-state index in [9.17, 15) is 17.6 Å². The van der Waals surface area contributed by atoms with E-state index >= 15 is 0 Å². The standard InChI is InChI=1S/C18H17FN4O3S3/c1-29(25,26)23(15-10-6-5-9-14(15)19)11-16(24)20-17-21-22-18(28-17)27-12-13-7-3-2-4-8-13/h2-10H,11-12H2,1H3,(H,20,21,24). The molecule has 1 aromatic heterocycles. The minimum Gasteiger partial charge on any atom is -0.299 e. The van der Waals surface area contributed by atoms with Gasteiger partial charge in [-0.2, -0.15) is 0 Å². The first-order valence-corrected chi connectivity index (χ1v) is 12.0. The van der Waals surface area contributed by atoms with Crippen molar-refractivity contribution in [3.63, 3.8) is 0 Å². The van der Waals surface area contributed by atoms with Gasteiger partial charge in [0.05, 0.1) is 11.9 Å². The van der Waals surface area contributed by atoms with E-state index < -0.39 is 28.3 Å². The van der Waals surface area contributed by atoms with Crippen LogP contribution in [0.25, 0.3) is 0 Å². The third kappa shape index (κ3) is 5.99. The number of rotatable bonds is 8. The largest absolute Gasteiger partial charge is 0.299 e. The highest BCUT2D eigenvalue weighted by atomic mass is 32.2. The fourth-order valence-corrected chi connectivity index (χ4v) is 4.94. The molecule has 0 aliphatic carbocycles. The van der Waals surface area contributed by atoms with E-state index in [1.807, 2.05) is 30.3 Å². The third-order valence-corrected chi connectivity index (χ3v) is 6.84. The Bertz CT molecular complexity index is 1090. The molecule has 152 valence electrons. The molecule has 0 saturated heterocycles. The van der Waals surface area contributed by atoms with E-state index in [2.05, 4.69) is 15.5 Å². The van der Waals surface area contributed by atoms with Crippen LogP contribution < -0.4 is 9.62 Å². The van der Waals surface area contributed by atoms with Gasteiger partial charge in [-0.1, -0.05) is 65.6 Å². The Kier molecular flexibility index (Phi) is 6.83. The quantitative estimate of drug-likeness (QED) is 0.416. The molecule has 0 fully saturated rings. The zero-order valence-electron chi connectivity index (χ0n) is 15.3. The van der Waals surface area contributed by atoms with Gasteiger partial charge in [-0.05, 0) is 17.7 Å². The molecular weight excluding hydrogens is 435 g/mol. The molecule has 3 aromatic rings. The SMILES string of the molecule is CS(=O)(=O)N(CC(=O)Nc1nnc(SCc2ccccc2)s1)c1ccccc1F. The van der Waals surface area contributed by atoms with Crippen LogP contribution in [-0.2, 0) is 20.6 Å². The highest BCUT2D eigenvalue weighted by Crippen LogP contribution is 2.28. The average Bonchev–Trinajstić information content (AvgIpc) is 3.12. The molecule has 0 unspecified atom stereocenters. The second kappa shape index (κ2) is 9.33. The summed E-state index contributed by atoms with van der Waals surface area (Å²) < 4.78 is 39.5. The van der Waals surface area contributed by atoms with E-state index in [1.165, 1.54) is 41.3 Å². The first-order valence-electron chi connectivity index (χ1n) is 8.35. The monoisotopic (exact) mass is 452 g/mol. The molecule has 0 aliphatic heterocycles. The Morgan fingerprint density at radius 1 is 1.14 bits per heavy atom. The second-order valence-corrected chi connectivity index (χ2v) is 10.0. The predicted molar refractivity (Wildman–Crippen MR) is 113 cm³/mol. The summed E-state index contributed by atoms with van der Waals surface area (Å²) in [6.45, 7) is -0.578. The van der Waals surface area contributed by atoms with Crippen LogP contribution in [0, 0.1) is 5.82 Å². The number of para-hydroxylation sites is 1. The Labute approximate surface area is 176 Å². The number of hydrogen-bond donors (Lipinski definition) is 1. The van der Waals surface area contributed by atoms with E-state index in [0.717, 1.165) is 17.9 Å². The van der Waals surface area contributed by atoms with Crippen molar-refractivity contribution in [1.29, 1.82) is 0 Å². The summed E-state index contributed by atoms with van der Waals surface area (Å²) in [5, 5.41) is 10.7. The maximum Gasteiger partial charge on any atom is 0.246 e. The van der Waals surface area contributed by atoms with E-state index in [1.54, 1.807) is 0 Å². The average molecular weight is 453 g/mol. The van der Waals surface area contributed by atoms with Gasteiger partial charge >= 0.3 is 0 Å². The molecule has 0 radical (unpaired) electrons. The molecular formula is C18H17FN4O3S3. The molecule has 0 spiro atoms. The topological polar surface area (TPSA) is 92.3 Å². The molecule has 0 aliphatic rings. The van der Waals surface area contributed by atoms with Crippen molar-refractivity contribution >= 4 is 49.8 Å². The molecule has 0 atom stereocenters. The highest BCUT2D eigenvalue weighted by Gasteiger charge is 2.24. The number of hydrogen-bond acceptors (Lipinski definition) is 7. The second-order valence-electron chi connectivity index (χ2n) is 5.92. The summed E-state index contributed by atoms with van der Waals surface area (Å²) in [6.07, 6.45) is 0.913. The first kappa shape index (κ1) is 21.2. The summed E-state index contributed by atoms with van der Waals surface area (Å²) >= 11 is 2.66. The van der Waals surface area contributed by atoms with Gasteiger partial charge in [-0.15, -0.1) is 10.2 Å². The molecule has 11 heteroatoms. The van der Waals surface area contributed by atoms with Crippen molar-refractivity contribution in [3.05, 3.63) is 66.0 Å². The number of aromatic nitrogens is 2. The Morgan fingerprint density at radius 3 is 2.52 bits per heavy atom. The van der Waals surface area contributed by atoms with Crippen molar-refractivity contribution in [3.8, 4) is 0 Å². The minimum absolute atomic E-state index is 0.193. The summed E-state index contributed by atoms with van der Waals surface area (Å²) in [4.78, 5) is 12.3. The lowest BCUT2D eigenvalue weighted by Gasteiger charge is -2.21. The van der Waals surface area contributed by atoms with E-state index in [-0.39, 0.29) is 10.8 Å². The molecule has 1 heterocycles. The summed E-state index contributed by atoms with van der Waals surface area (Å²) in [5.41, 5.74) is 0.938. The molecule has 1 amide bonds. The Morgan fingerprint density at radius 2 is 1.83 bits per heavy atom. The van der Waals surface area contributed by atoms with Gasteiger partial charge in [-0.3, -0.25) is 14.4 Å². The van der Waals surface area contributed by atoms with Crippen molar-refractivity contribution in [1.82, 2.24) is 10.2 Å². The van der Waals surface area contributed by atoms with Gasteiger partial charge in [0, 0.05) is 5.75 Å². The number of nitrogens with zero attached hydrogens (tertiary/aromatic N) is 3. The minimum atomic E-state index is -3.87. The van der Waals surface area contributed by atoms with Gasteiger partial charge in [0.2, 0.25) is 21.1 Å². The van der Waals surface area contributed by atoms with E-state index in [4.69, 9.17) is 0 Å². The molecule has 0 saturated carbocycles. The molecule has 7 nitrogen and oxygen atoms in total. The van der Waals surface area contributed by atoms with Crippen molar-refractivity contribution < 1.29 is 17.6 Å². The fourth-order valence-electron chi connectivity index (χ4n) is 2.36. The fraction of sp³-hybridized carbons (Fsp3) is 0.167. The normalized spacial score (nSPS) is 11.2. The van der Waals surface area contributed by atoms with Gasteiger partial charge < -0.3 is 0 Å². The lowest BCUT2D eigenvalue weighted by Crippen LogP contribution is -2.38. The number of benzene rings is 2. The molecule has 1 N–H and O–H groups in total. The Hall–Kier alpha value is -2.50. The smallest absolute Gasteiger partial charge is 0.246 e. The van der Waals surface area contributed by atoms with E-state index in [0.29, 0.717) is 14.4 Å². The zero-order chi connectivity index (χ0) is 20.9. The van der Waals surface area contributed by atoms with Crippen molar-refractivity contribution in [2.24, 2.45) is 0 Å². The third-order valence-electron chi connectivity index (χ3n) is 3.67. The van der Waals surface area contributed by atoms with Gasteiger partial charge in [0.25, 0.3) is 0 Å². The van der Waals surface area contributed by atoms with Gasteiger partial charge in [0.1, 0.15) is 12.4 Å². The van der Waals surface area contributed by atoms with Crippen LogP contribution in [0.4, 0.5) is 15.2 Å². The summed E-state index contributed by atoms with van der Waals surface area (Å²) in [5.74, 6) is -0.672. The van der Waals surface area contributed by atoms with Crippen LogP contribution in [0.1, 0.15) is 5.56 Å². The van der Waals surface area contributed by atoms with Crippen molar-refractivity contribution in [2.75, 3.05) is 22.4 Å². The van der Waals surface area contributed by atoms with Crippen LogP contribution >= 0.6 is 23.1 Å². The number of carbonyl (C=O) groups excluding carboxylic acids is 1. The number of halogens is 1. The Balaban J connectivity index is 1.63. The number of amides is 1. The van der Waals surface area contributed by atoms with Crippen LogP contribution in [-0.4, -0.2) is 37.3 Å². The zero-order valence-corrected chi connectivity index (χ0v) is 17.7. The molecule has 29 heavy (non-hydrogen) atoms. The maximum atomic E-state index is 14.0. The predicted octanol–water partition coefficient (Wildman–Crippen LogP) is 3.37. The number of carbonyl (C=O) groups is 1. The van der Waals surface area contributed by atoms with Crippen LogP contribution in [0.2, 0.25) is 0 Å². The maximum absolute atomic E-state index is 14.0. The lowest BCUT2D eigenvalue weighted by atomic mass is 10.2. The van der Waals surface area contributed by atoms with Crippen LogP contribution in [0.3, 0.4) is 0 Å². The van der Waals surface area contributed by atoms with Crippen molar-refractivity contribution in [2.45, 2.75) is 10.1 Å². The highest BCUT2D eigenvalue weighted by molar-refractivity contribution is 8.00. The lowest BCUT2D eigenvalue weighted by molar-refractivity contribution is -0.114. The number of sulfonamides is 1. The first-order chi connectivity index (χ1) is 13.8. The molecule has 0 bridgehead atoms. The van der Waals surface area contributed by atoms with Crippen LogP contribution in [0.5, 0.6) is 0 Å². The van der Waals surface area contributed by atoms with Gasteiger partial charge in [0.15, 0.2) is 4.34 Å². The number of anilines is 2. The summed E-state index contributed by atoms with van der Waals surface area (Å²) in [6, 6.07) is 15.2. The van der Waals surface area contributed by atoms with Crippen LogP contribution in [0.15, 0.2) is 58.9 Å². The van der Waals surface area contributed by atoms with Gasteiger partial charge in [-0.25, -0.2) is 12.8 Å².